The highest BCUT2D eigenvalue weighted by Crippen LogP contribution is 2.59. The lowest BCUT2D eigenvalue weighted by molar-refractivity contribution is -0.169. The first-order chi connectivity index (χ1) is 8.63. The molecule has 2 aliphatic rings. The molecule has 0 spiro atoms. The van der Waals surface area contributed by atoms with Gasteiger partial charge in [-0.25, -0.2) is 0 Å². The van der Waals surface area contributed by atoms with Crippen molar-refractivity contribution < 1.29 is 14.4 Å². The lowest BCUT2D eigenvalue weighted by Crippen LogP contribution is -2.60. The lowest BCUT2D eigenvalue weighted by atomic mass is 9.62. The van der Waals surface area contributed by atoms with E-state index >= 15 is 0 Å². The Morgan fingerprint density at radius 3 is 2.42 bits per heavy atom. The van der Waals surface area contributed by atoms with Crippen molar-refractivity contribution in [1.29, 1.82) is 0 Å². The monoisotopic (exact) mass is 266 g/mol. The van der Waals surface area contributed by atoms with E-state index in [9.17, 15) is 14.4 Å². The number of hydrogen-bond donors (Lipinski definition) is 0. The van der Waals surface area contributed by atoms with Gasteiger partial charge in [0.25, 0.3) is 0 Å². The van der Waals surface area contributed by atoms with Gasteiger partial charge < -0.3 is 4.90 Å². The molecule has 2 fully saturated rings. The maximum Gasteiger partial charge on any atom is 0.242 e. The van der Waals surface area contributed by atoms with Gasteiger partial charge in [0.2, 0.25) is 17.7 Å². The zero-order valence-corrected chi connectivity index (χ0v) is 12.3. The highest BCUT2D eigenvalue weighted by molar-refractivity contribution is 6.06. The van der Waals surface area contributed by atoms with Crippen molar-refractivity contribution in [3.63, 3.8) is 0 Å². The van der Waals surface area contributed by atoms with Crippen molar-refractivity contribution in [3.8, 4) is 0 Å². The largest absolute Gasteiger partial charge is 0.347 e. The van der Waals surface area contributed by atoms with E-state index < -0.39 is 5.41 Å². The van der Waals surface area contributed by atoms with E-state index in [4.69, 9.17) is 0 Å². The minimum atomic E-state index is -0.530. The maximum absolute atomic E-state index is 12.6. The summed E-state index contributed by atoms with van der Waals surface area (Å²) < 4.78 is 0. The minimum Gasteiger partial charge on any atom is -0.347 e. The van der Waals surface area contributed by atoms with Crippen LogP contribution in [0.15, 0.2) is 0 Å². The number of amides is 3. The van der Waals surface area contributed by atoms with Gasteiger partial charge in [0.05, 0.1) is 5.41 Å². The predicted molar refractivity (Wildman–Crippen MR) is 70.0 cm³/mol. The summed E-state index contributed by atoms with van der Waals surface area (Å²) in [4.78, 5) is 39.4. The van der Waals surface area contributed by atoms with Crippen LogP contribution in [0.5, 0.6) is 0 Å². The van der Waals surface area contributed by atoms with Crippen LogP contribution in [0, 0.1) is 16.7 Å². The molecule has 0 radical (unpaired) electrons. The summed E-state index contributed by atoms with van der Waals surface area (Å²) in [6, 6.07) is 0. The Labute approximate surface area is 113 Å². The zero-order valence-electron chi connectivity index (χ0n) is 12.3. The van der Waals surface area contributed by atoms with Crippen molar-refractivity contribution in [1.82, 2.24) is 9.80 Å². The molecule has 19 heavy (non-hydrogen) atoms. The third kappa shape index (κ3) is 1.70. The molecule has 3 amide bonds. The van der Waals surface area contributed by atoms with E-state index in [1.54, 1.807) is 14.1 Å². The summed E-state index contributed by atoms with van der Waals surface area (Å²) in [5, 5.41) is 0. The summed E-state index contributed by atoms with van der Waals surface area (Å²) in [6.45, 7) is 5.78. The second-order valence-electron chi connectivity index (χ2n) is 6.66. The maximum atomic E-state index is 12.6. The number of likely N-dealkylation sites (N-methyl/N-ethyl adjacent to an activating group) is 1. The molecule has 0 aromatic heterocycles. The van der Waals surface area contributed by atoms with E-state index in [0.29, 0.717) is 0 Å². The molecule has 5 heteroatoms. The van der Waals surface area contributed by atoms with E-state index in [2.05, 4.69) is 0 Å². The lowest BCUT2D eigenvalue weighted by Gasteiger charge is -2.47. The Hall–Kier alpha value is -1.39. The summed E-state index contributed by atoms with van der Waals surface area (Å²) in [5.41, 5.74) is -0.850. The van der Waals surface area contributed by atoms with E-state index in [1.165, 1.54) is 9.80 Å². The van der Waals surface area contributed by atoms with Gasteiger partial charge in [0.15, 0.2) is 0 Å². The standard InChI is InChI=1S/C14H22N2O3/c1-13(2)9-6-7-14(13,3)12(19)16(11(9)18)8-10(17)15(4)5/h9H,6-8H2,1-5H3. The summed E-state index contributed by atoms with van der Waals surface area (Å²) in [6.07, 6.45) is 1.46. The second-order valence-corrected chi connectivity index (χ2v) is 6.66. The van der Waals surface area contributed by atoms with Crippen LogP contribution in [0.2, 0.25) is 0 Å². The third-order valence-corrected chi connectivity index (χ3v) is 5.30. The Kier molecular flexibility index (Phi) is 2.99. The first-order valence-electron chi connectivity index (χ1n) is 6.69. The van der Waals surface area contributed by atoms with Gasteiger partial charge in [-0.05, 0) is 18.3 Å². The molecule has 2 bridgehead atoms. The molecule has 1 heterocycles. The first-order valence-corrected chi connectivity index (χ1v) is 6.69. The molecule has 2 unspecified atom stereocenters. The van der Waals surface area contributed by atoms with Gasteiger partial charge in [0, 0.05) is 20.0 Å². The fourth-order valence-corrected chi connectivity index (χ4v) is 3.33. The number of likely N-dealkylation sites (tertiary alicyclic amines) is 1. The van der Waals surface area contributed by atoms with Gasteiger partial charge in [-0.1, -0.05) is 20.8 Å². The van der Waals surface area contributed by atoms with Crippen LogP contribution >= 0.6 is 0 Å². The SMILES string of the molecule is CN(C)C(=O)CN1C(=O)C2CCC(C)(C1=O)C2(C)C. The van der Waals surface area contributed by atoms with Crippen molar-refractivity contribution in [2.24, 2.45) is 16.7 Å². The normalized spacial score (nSPS) is 32.7. The van der Waals surface area contributed by atoms with Crippen LogP contribution in [0.3, 0.4) is 0 Å². The number of nitrogens with zero attached hydrogens (tertiary/aromatic N) is 2. The van der Waals surface area contributed by atoms with Gasteiger partial charge in [-0.15, -0.1) is 0 Å². The molecule has 2 atom stereocenters. The number of fused-ring (bicyclic) bond motifs is 2. The molecule has 106 valence electrons. The van der Waals surface area contributed by atoms with Crippen LogP contribution in [-0.2, 0) is 14.4 Å². The number of hydrogen-bond acceptors (Lipinski definition) is 3. The molecule has 1 aliphatic heterocycles. The summed E-state index contributed by atoms with van der Waals surface area (Å²) >= 11 is 0. The number of piperidine rings is 1. The van der Waals surface area contributed by atoms with Gasteiger partial charge in [0.1, 0.15) is 6.54 Å². The Morgan fingerprint density at radius 2 is 1.89 bits per heavy atom. The zero-order chi connectivity index (χ0) is 14.6. The molecule has 1 saturated heterocycles. The van der Waals surface area contributed by atoms with E-state index in [0.717, 1.165) is 12.8 Å². The predicted octanol–water partition coefficient (Wildman–Crippen LogP) is 0.886. The molecule has 0 aromatic carbocycles. The van der Waals surface area contributed by atoms with Crippen molar-refractivity contribution in [3.05, 3.63) is 0 Å². The van der Waals surface area contributed by atoms with Crippen molar-refractivity contribution in [2.45, 2.75) is 33.6 Å². The molecule has 1 saturated carbocycles. The highest BCUT2D eigenvalue weighted by Gasteiger charge is 2.64. The fourth-order valence-electron chi connectivity index (χ4n) is 3.33. The van der Waals surface area contributed by atoms with Crippen LogP contribution < -0.4 is 0 Å². The number of carbonyl (C=O) groups excluding carboxylic acids is 3. The van der Waals surface area contributed by atoms with Gasteiger partial charge in [-0.2, -0.15) is 0 Å². The molecule has 5 nitrogen and oxygen atoms in total. The topological polar surface area (TPSA) is 57.7 Å². The average Bonchev–Trinajstić information content (AvgIpc) is 2.50. The van der Waals surface area contributed by atoms with Gasteiger partial charge >= 0.3 is 0 Å². The second kappa shape index (κ2) is 4.05. The molecule has 0 aromatic rings. The quantitative estimate of drug-likeness (QED) is 0.697. The third-order valence-electron chi connectivity index (χ3n) is 5.30. The number of rotatable bonds is 2. The molecule has 2 rings (SSSR count). The average molecular weight is 266 g/mol. The van der Waals surface area contributed by atoms with Crippen LogP contribution in [0.25, 0.3) is 0 Å². The molecular weight excluding hydrogens is 244 g/mol. The summed E-state index contributed by atoms with van der Waals surface area (Å²) in [5.74, 6) is -0.735. The summed E-state index contributed by atoms with van der Waals surface area (Å²) in [7, 11) is 3.25. The van der Waals surface area contributed by atoms with E-state index in [1.807, 2.05) is 20.8 Å². The molecule has 0 N–H and O–H groups in total. The van der Waals surface area contributed by atoms with Crippen LogP contribution in [0.1, 0.15) is 33.6 Å². The van der Waals surface area contributed by atoms with Crippen molar-refractivity contribution >= 4 is 17.7 Å². The molecular formula is C14H22N2O3. The first kappa shape index (κ1) is 14.0. The smallest absolute Gasteiger partial charge is 0.242 e. The van der Waals surface area contributed by atoms with Crippen LogP contribution in [-0.4, -0.2) is 48.2 Å². The number of carbonyl (C=O) groups is 3. The minimum absolute atomic E-state index is 0.132. The Bertz CT molecular complexity index is 456. The van der Waals surface area contributed by atoms with Crippen molar-refractivity contribution in [2.75, 3.05) is 20.6 Å². The highest BCUT2D eigenvalue weighted by atomic mass is 16.2. The Morgan fingerprint density at radius 1 is 1.32 bits per heavy atom. The van der Waals surface area contributed by atoms with Gasteiger partial charge in [-0.3, -0.25) is 19.3 Å². The Balaban J connectivity index is 2.33. The van der Waals surface area contributed by atoms with E-state index in [-0.39, 0.29) is 35.6 Å². The molecule has 1 aliphatic carbocycles. The fraction of sp³-hybridized carbons (Fsp3) is 0.786. The number of imide groups is 1. The van der Waals surface area contributed by atoms with Crippen LogP contribution in [0.4, 0.5) is 0 Å².